The first kappa shape index (κ1) is 14.8. The highest BCUT2D eigenvalue weighted by Crippen LogP contribution is 2.35. The normalized spacial score (nSPS) is 18.4. The second-order valence-electron chi connectivity index (χ2n) is 4.45. The molecule has 100 valence electrons. The molecule has 0 amide bonds. The summed E-state index contributed by atoms with van der Waals surface area (Å²) in [7, 11) is -3.50. The highest BCUT2D eigenvalue weighted by atomic mass is 79.9. The van der Waals surface area contributed by atoms with Crippen molar-refractivity contribution in [2.24, 2.45) is 0 Å². The van der Waals surface area contributed by atoms with Crippen LogP contribution in [0.15, 0.2) is 27.6 Å². The number of benzene rings is 1. The predicted octanol–water partition coefficient (Wildman–Crippen LogP) is 3.70. The van der Waals surface area contributed by atoms with Crippen molar-refractivity contribution < 1.29 is 8.42 Å². The molecule has 3 nitrogen and oxygen atoms in total. The van der Waals surface area contributed by atoms with Crippen molar-refractivity contribution >= 4 is 53.5 Å². The van der Waals surface area contributed by atoms with Crippen LogP contribution in [-0.2, 0) is 10.0 Å². The maximum atomic E-state index is 12.3. The zero-order valence-electron chi connectivity index (χ0n) is 9.42. The third-order valence-electron chi connectivity index (χ3n) is 3.12. The number of hydrogen-bond donors (Lipinski definition) is 1. The summed E-state index contributed by atoms with van der Waals surface area (Å²) < 4.78 is 27.9. The average Bonchev–Trinajstić information content (AvgIpc) is 2.27. The lowest BCUT2D eigenvalue weighted by Crippen LogP contribution is -2.54. The molecule has 0 aromatic heterocycles. The van der Waals surface area contributed by atoms with Crippen molar-refractivity contribution in [2.75, 3.05) is 5.33 Å². The minimum Gasteiger partial charge on any atom is -0.207 e. The van der Waals surface area contributed by atoms with Crippen LogP contribution in [0.1, 0.15) is 19.3 Å². The van der Waals surface area contributed by atoms with Crippen molar-refractivity contribution in [1.29, 1.82) is 0 Å². The molecule has 0 radical (unpaired) electrons. The van der Waals surface area contributed by atoms with Gasteiger partial charge in [-0.05, 0) is 53.4 Å². The van der Waals surface area contributed by atoms with Crippen LogP contribution >= 0.6 is 43.5 Å². The van der Waals surface area contributed by atoms with Gasteiger partial charge in [-0.2, -0.15) is 0 Å². The maximum Gasteiger partial charge on any atom is 0.241 e. The van der Waals surface area contributed by atoms with E-state index in [2.05, 4.69) is 36.6 Å². The van der Waals surface area contributed by atoms with Gasteiger partial charge in [-0.1, -0.05) is 27.5 Å². The van der Waals surface area contributed by atoms with E-state index in [4.69, 9.17) is 11.6 Å². The first-order chi connectivity index (χ1) is 8.38. The quantitative estimate of drug-likeness (QED) is 0.760. The largest absolute Gasteiger partial charge is 0.241 e. The van der Waals surface area contributed by atoms with Crippen LogP contribution in [0.5, 0.6) is 0 Å². The summed E-state index contributed by atoms with van der Waals surface area (Å²) in [5, 5.41) is 1.13. The second-order valence-corrected chi connectivity index (χ2v) is 7.95. The lowest BCUT2D eigenvalue weighted by molar-refractivity contribution is 0.256. The molecule has 1 aromatic carbocycles. The summed E-state index contributed by atoms with van der Waals surface area (Å²) in [4.78, 5) is 0.228. The monoisotopic (exact) mass is 415 g/mol. The van der Waals surface area contributed by atoms with Gasteiger partial charge in [0.15, 0.2) is 0 Å². The second kappa shape index (κ2) is 5.40. The molecule has 1 aromatic rings. The van der Waals surface area contributed by atoms with Gasteiger partial charge < -0.3 is 0 Å². The van der Waals surface area contributed by atoms with Crippen LogP contribution in [0.25, 0.3) is 0 Å². The van der Waals surface area contributed by atoms with Crippen LogP contribution in [0.3, 0.4) is 0 Å². The Morgan fingerprint density at radius 2 is 2.06 bits per heavy atom. The van der Waals surface area contributed by atoms with Gasteiger partial charge in [0.2, 0.25) is 10.0 Å². The summed E-state index contributed by atoms with van der Waals surface area (Å²) >= 11 is 12.5. The lowest BCUT2D eigenvalue weighted by atomic mass is 9.80. The van der Waals surface area contributed by atoms with Crippen molar-refractivity contribution in [3.05, 3.63) is 27.7 Å². The van der Waals surface area contributed by atoms with Gasteiger partial charge in [-0.15, -0.1) is 0 Å². The van der Waals surface area contributed by atoms with E-state index in [0.717, 1.165) is 19.3 Å². The predicted molar refractivity (Wildman–Crippen MR) is 79.8 cm³/mol. The van der Waals surface area contributed by atoms with Gasteiger partial charge in [0, 0.05) is 15.3 Å². The third kappa shape index (κ3) is 2.93. The van der Waals surface area contributed by atoms with Crippen LogP contribution in [0, 0.1) is 0 Å². The Labute approximate surface area is 129 Å². The smallest absolute Gasteiger partial charge is 0.207 e. The molecule has 1 aliphatic carbocycles. The molecule has 0 spiro atoms. The molecule has 0 aliphatic heterocycles. The summed E-state index contributed by atoms with van der Waals surface area (Å²) in [6.07, 6.45) is 2.79. The first-order valence-corrected chi connectivity index (χ1v) is 9.21. The molecule has 7 heteroatoms. The van der Waals surface area contributed by atoms with Crippen molar-refractivity contribution in [3.63, 3.8) is 0 Å². The van der Waals surface area contributed by atoms with Crippen molar-refractivity contribution in [2.45, 2.75) is 29.7 Å². The van der Waals surface area contributed by atoms with Crippen molar-refractivity contribution in [1.82, 2.24) is 4.72 Å². The highest BCUT2D eigenvalue weighted by molar-refractivity contribution is 9.10. The molecule has 1 aliphatic rings. The molecule has 1 fully saturated rings. The fourth-order valence-corrected chi connectivity index (χ4v) is 4.87. The Kier molecular flexibility index (Phi) is 4.44. The number of halogens is 3. The summed E-state index contributed by atoms with van der Waals surface area (Å²) in [5.74, 6) is 0. The van der Waals surface area contributed by atoms with E-state index < -0.39 is 10.0 Å². The van der Waals surface area contributed by atoms with E-state index in [1.54, 1.807) is 6.07 Å². The summed E-state index contributed by atoms with van der Waals surface area (Å²) in [5.41, 5.74) is -0.328. The molecule has 18 heavy (non-hydrogen) atoms. The van der Waals surface area contributed by atoms with Gasteiger partial charge >= 0.3 is 0 Å². The van der Waals surface area contributed by atoms with E-state index >= 15 is 0 Å². The fraction of sp³-hybridized carbons (Fsp3) is 0.455. The average molecular weight is 418 g/mol. The van der Waals surface area contributed by atoms with E-state index in [1.165, 1.54) is 12.1 Å². The Morgan fingerprint density at radius 1 is 1.39 bits per heavy atom. The minimum atomic E-state index is -3.50. The molecule has 0 atom stereocenters. The van der Waals surface area contributed by atoms with Gasteiger partial charge in [0.05, 0.1) is 9.92 Å². The number of rotatable bonds is 4. The Balaban J connectivity index is 2.28. The Bertz CT molecular complexity index is 553. The first-order valence-electron chi connectivity index (χ1n) is 5.44. The minimum absolute atomic E-state index is 0.228. The summed E-state index contributed by atoms with van der Waals surface area (Å²) in [6.45, 7) is 0. The van der Waals surface area contributed by atoms with Gasteiger partial charge in [0.1, 0.15) is 0 Å². The number of hydrogen-bond acceptors (Lipinski definition) is 2. The number of nitrogens with one attached hydrogen (secondary N) is 1. The third-order valence-corrected chi connectivity index (χ3v) is 6.98. The molecule has 1 saturated carbocycles. The maximum absolute atomic E-state index is 12.3. The SMILES string of the molecule is O=S(=O)(NC1(CBr)CCC1)c1ccc(Cl)c(Br)c1. The van der Waals surface area contributed by atoms with Gasteiger partial charge in [0.25, 0.3) is 0 Å². The van der Waals surface area contributed by atoms with Crippen LogP contribution < -0.4 is 4.72 Å². The van der Waals surface area contributed by atoms with E-state index in [9.17, 15) is 8.42 Å². The van der Waals surface area contributed by atoms with Gasteiger partial charge in [-0.25, -0.2) is 13.1 Å². The van der Waals surface area contributed by atoms with E-state index in [-0.39, 0.29) is 10.4 Å². The number of alkyl halides is 1. The zero-order chi connectivity index (χ0) is 13.4. The Morgan fingerprint density at radius 3 is 2.50 bits per heavy atom. The molecule has 0 heterocycles. The standard InChI is InChI=1S/C11H12Br2ClNO2S/c12-7-11(4-1-5-11)15-18(16,17)8-2-3-10(14)9(13)6-8/h2-3,6,15H,1,4-5,7H2. The molecule has 0 saturated heterocycles. The molecular formula is C11H12Br2ClNO2S. The fourth-order valence-electron chi connectivity index (χ4n) is 1.85. The Hall–Kier alpha value is 0.380. The van der Waals surface area contributed by atoms with Crippen LogP contribution in [0.2, 0.25) is 5.02 Å². The lowest BCUT2D eigenvalue weighted by Gasteiger charge is -2.40. The molecular weight excluding hydrogens is 405 g/mol. The number of sulfonamides is 1. The zero-order valence-corrected chi connectivity index (χ0v) is 14.2. The molecule has 0 unspecified atom stereocenters. The topological polar surface area (TPSA) is 46.2 Å². The van der Waals surface area contributed by atoms with Crippen molar-refractivity contribution in [3.8, 4) is 0 Å². The molecule has 2 rings (SSSR count). The van der Waals surface area contributed by atoms with E-state index in [0.29, 0.717) is 14.8 Å². The molecule has 1 N–H and O–H groups in total. The molecule has 0 bridgehead atoms. The van der Waals surface area contributed by atoms with Crippen LogP contribution in [0.4, 0.5) is 0 Å². The highest BCUT2D eigenvalue weighted by Gasteiger charge is 2.39. The van der Waals surface area contributed by atoms with Crippen LogP contribution in [-0.4, -0.2) is 19.3 Å². The van der Waals surface area contributed by atoms with Gasteiger partial charge in [-0.3, -0.25) is 0 Å². The van der Waals surface area contributed by atoms with E-state index in [1.807, 2.05) is 0 Å². The summed E-state index contributed by atoms with van der Waals surface area (Å²) in [6, 6.07) is 4.60.